The first kappa shape index (κ1) is 20.0. The lowest BCUT2D eigenvalue weighted by molar-refractivity contribution is -0.132. The third kappa shape index (κ3) is 3.28. The summed E-state index contributed by atoms with van der Waals surface area (Å²) in [6, 6.07) is 4.13. The van der Waals surface area contributed by atoms with Crippen molar-refractivity contribution in [2.75, 3.05) is 0 Å². The minimum atomic E-state index is -0.930. The van der Waals surface area contributed by atoms with E-state index < -0.39 is 35.0 Å². The number of hydrogen-bond acceptors (Lipinski definition) is 5. The highest BCUT2D eigenvalue weighted by Crippen LogP contribution is 2.38. The maximum Gasteiger partial charge on any atom is 0.276 e. The van der Waals surface area contributed by atoms with Crippen LogP contribution < -0.4 is 10.7 Å². The van der Waals surface area contributed by atoms with Gasteiger partial charge in [0.1, 0.15) is 11.4 Å². The van der Waals surface area contributed by atoms with Gasteiger partial charge in [0.2, 0.25) is 5.43 Å². The van der Waals surface area contributed by atoms with Gasteiger partial charge in [0.05, 0.1) is 17.7 Å². The molecule has 10 heteroatoms. The van der Waals surface area contributed by atoms with Crippen LogP contribution in [0.2, 0.25) is 5.02 Å². The molecule has 1 aromatic carbocycles. The van der Waals surface area contributed by atoms with Gasteiger partial charge in [-0.1, -0.05) is 17.7 Å². The van der Waals surface area contributed by atoms with Crippen molar-refractivity contribution in [3.05, 3.63) is 62.3 Å². The van der Waals surface area contributed by atoms with Crippen LogP contribution in [-0.2, 0) is 17.8 Å². The summed E-state index contributed by atoms with van der Waals surface area (Å²) in [7, 11) is 0. The van der Waals surface area contributed by atoms with Crippen molar-refractivity contribution >= 4 is 23.4 Å². The lowest BCUT2D eigenvalue weighted by Gasteiger charge is -2.44. The fourth-order valence-corrected chi connectivity index (χ4v) is 4.76. The summed E-state index contributed by atoms with van der Waals surface area (Å²) in [5.74, 6) is -2.59. The zero-order valence-corrected chi connectivity index (χ0v) is 17.1. The van der Waals surface area contributed by atoms with Crippen LogP contribution in [0.25, 0.3) is 0 Å². The van der Waals surface area contributed by atoms with E-state index in [1.54, 1.807) is 11.0 Å². The first-order valence-corrected chi connectivity index (χ1v) is 10.4. The fourth-order valence-electron chi connectivity index (χ4n) is 4.64. The van der Waals surface area contributed by atoms with Gasteiger partial charge >= 0.3 is 0 Å². The maximum absolute atomic E-state index is 13.6. The molecule has 1 saturated carbocycles. The van der Waals surface area contributed by atoms with Crippen molar-refractivity contribution in [1.29, 1.82) is 0 Å². The SMILES string of the molecule is O=C(NCc1ccc(Cl)c(F)c1)c1cn2c(c(O)c1=O)C(=O)N1C(C2)O[C@H]2CC[C@@H]1C2. The Hall–Kier alpha value is -2.91. The number of halogens is 2. The molecule has 0 radical (unpaired) electrons. The van der Waals surface area contributed by atoms with E-state index in [2.05, 4.69) is 5.32 Å². The first-order chi connectivity index (χ1) is 14.8. The predicted octanol–water partition coefficient (Wildman–Crippen LogP) is 2.01. The molecule has 162 valence electrons. The van der Waals surface area contributed by atoms with Crippen LogP contribution in [0.1, 0.15) is 45.7 Å². The quantitative estimate of drug-likeness (QED) is 0.749. The van der Waals surface area contributed by atoms with Crippen LogP contribution in [0, 0.1) is 5.82 Å². The van der Waals surface area contributed by atoms with Gasteiger partial charge < -0.3 is 24.6 Å². The molecular formula is C21H19ClFN3O5. The molecule has 0 spiro atoms. The minimum absolute atomic E-state index is 0.0299. The molecule has 31 heavy (non-hydrogen) atoms. The van der Waals surface area contributed by atoms with Gasteiger partial charge in [0.25, 0.3) is 11.8 Å². The number of nitrogens with zero attached hydrogens (tertiary/aromatic N) is 2. The van der Waals surface area contributed by atoms with E-state index in [0.29, 0.717) is 5.56 Å². The predicted molar refractivity (Wildman–Crippen MR) is 107 cm³/mol. The molecule has 2 bridgehead atoms. The lowest BCUT2D eigenvalue weighted by Crippen LogP contribution is -2.57. The number of fused-ring (bicyclic) bond motifs is 5. The number of nitrogens with one attached hydrogen (secondary N) is 1. The van der Waals surface area contributed by atoms with E-state index >= 15 is 0 Å². The summed E-state index contributed by atoms with van der Waals surface area (Å²) in [4.78, 5) is 39.9. The number of ether oxygens (including phenoxy) is 1. The van der Waals surface area contributed by atoms with Gasteiger partial charge in [-0.25, -0.2) is 4.39 Å². The standard InChI is InChI=1S/C21H19ClFN3O5/c22-14-4-1-10(5-15(14)23)7-24-20(29)13-8-25-9-16-26(11-2-3-12(6-11)31-16)21(30)17(25)19(28)18(13)27/h1,4-5,8,11-12,16,28H,2-3,6-7,9H2,(H,24,29)/t11-,12+,16?/m1/s1. The van der Waals surface area contributed by atoms with Crippen molar-refractivity contribution in [3.8, 4) is 5.75 Å². The number of pyridine rings is 1. The molecular weight excluding hydrogens is 429 g/mol. The number of carbonyl (C=O) groups is 2. The molecule has 1 unspecified atom stereocenters. The molecule has 8 nitrogen and oxygen atoms in total. The Labute approximate surface area is 181 Å². The molecule has 2 fully saturated rings. The molecule has 2 aliphatic heterocycles. The second-order valence-electron chi connectivity index (χ2n) is 8.04. The van der Waals surface area contributed by atoms with Gasteiger partial charge in [0.15, 0.2) is 17.7 Å². The van der Waals surface area contributed by atoms with Crippen molar-refractivity contribution in [1.82, 2.24) is 14.8 Å². The van der Waals surface area contributed by atoms with Crippen LogP contribution >= 0.6 is 11.6 Å². The molecule has 1 aromatic heterocycles. The maximum atomic E-state index is 13.6. The lowest BCUT2D eigenvalue weighted by atomic mass is 10.1. The number of amides is 2. The van der Waals surface area contributed by atoms with Crippen molar-refractivity contribution < 1.29 is 23.8 Å². The summed E-state index contributed by atoms with van der Waals surface area (Å²) < 4.78 is 21.0. The van der Waals surface area contributed by atoms with Gasteiger partial charge in [-0.2, -0.15) is 0 Å². The second-order valence-corrected chi connectivity index (χ2v) is 8.45. The molecule has 2 aromatic rings. The van der Waals surface area contributed by atoms with E-state index in [1.165, 1.54) is 22.9 Å². The van der Waals surface area contributed by atoms with Crippen LogP contribution in [-0.4, -0.2) is 44.8 Å². The molecule has 3 aliphatic rings. The summed E-state index contributed by atoms with van der Waals surface area (Å²) in [5.41, 5.74) is -0.920. The van der Waals surface area contributed by atoms with Crippen LogP contribution in [0.15, 0.2) is 29.2 Å². The third-order valence-electron chi connectivity index (χ3n) is 6.14. The fraction of sp³-hybridized carbons (Fsp3) is 0.381. The summed E-state index contributed by atoms with van der Waals surface area (Å²) >= 11 is 5.65. The Morgan fingerprint density at radius 2 is 2.13 bits per heavy atom. The smallest absolute Gasteiger partial charge is 0.276 e. The molecule has 1 aliphatic carbocycles. The zero-order chi connectivity index (χ0) is 21.9. The average molecular weight is 448 g/mol. The number of aromatic nitrogens is 1. The van der Waals surface area contributed by atoms with E-state index in [0.717, 1.165) is 19.3 Å². The van der Waals surface area contributed by atoms with Crippen LogP contribution in [0.4, 0.5) is 4.39 Å². The zero-order valence-electron chi connectivity index (χ0n) is 16.3. The number of benzene rings is 1. The first-order valence-electron chi connectivity index (χ1n) is 10.00. The van der Waals surface area contributed by atoms with Crippen molar-refractivity contribution in [2.45, 2.75) is 50.7 Å². The number of rotatable bonds is 3. The monoisotopic (exact) mass is 447 g/mol. The van der Waals surface area contributed by atoms with Gasteiger partial charge in [-0.05, 0) is 37.0 Å². The number of hydrogen-bond donors (Lipinski definition) is 2. The van der Waals surface area contributed by atoms with E-state index in [4.69, 9.17) is 16.3 Å². The Balaban J connectivity index is 1.42. The Morgan fingerprint density at radius 1 is 1.32 bits per heavy atom. The normalized spacial score (nSPS) is 24.0. The Bertz CT molecular complexity index is 1170. The van der Waals surface area contributed by atoms with Gasteiger partial charge in [-0.15, -0.1) is 0 Å². The topological polar surface area (TPSA) is 101 Å². The average Bonchev–Trinajstić information content (AvgIpc) is 3.11. The summed E-state index contributed by atoms with van der Waals surface area (Å²) in [6.45, 7) is 0.168. The Kier molecular flexibility index (Phi) is 4.75. The van der Waals surface area contributed by atoms with Crippen molar-refractivity contribution in [3.63, 3.8) is 0 Å². The highest BCUT2D eigenvalue weighted by molar-refractivity contribution is 6.30. The highest BCUT2D eigenvalue weighted by atomic mass is 35.5. The molecule has 1 saturated heterocycles. The molecule has 5 rings (SSSR count). The molecule has 2 amide bonds. The van der Waals surface area contributed by atoms with Crippen LogP contribution in [0.5, 0.6) is 5.75 Å². The Morgan fingerprint density at radius 3 is 2.90 bits per heavy atom. The van der Waals surface area contributed by atoms with E-state index in [9.17, 15) is 23.9 Å². The molecule has 3 heterocycles. The summed E-state index contributed by atoms with van der Waals surface area (Å²) in [6.07, 6.45) is 3.30. The second kappa shape index (κ2) is 7.35. The van der Waals surface area contributed by atoms with Gasteiger partial charge in [0, 0.05) is 18.8 Å². The number of aromatic hydroxyl groups is 1. The highest BCUT2D eigenvalue weighted by Gasteiger charge is 2.47. The molecule has 2 N–H and O–H groups in total. The van der Waals surface area contributed by atoms with E-state index in [1.807, 2.05) is 0 Å². The van der Waals surface area contributed by atoms with Gasteiger partial charge in [-0.3, -0.25) is 14.4 Å². The third-order valence-corrected chi connectivity index (χ3v) is 6.44. The largest absolute Gasteiger partial charge is 0.503 e. The minimum Gasteiger partial charge on any atom is -0.503 e. The van der Waals surface area contributed by atoms with Crippen LogP contribution in [0.3, 0.4) is 0 Å². The van der Waals surface area contributed by atoms with E-state index in [-0.39, 0.29) is 41.5 Å². The number of carbonyl (C=O) groups excluding carboxylic acids is 2. The molecule has 3 atom stereocenters. The van der Waals surface area contributed by atoms with Crippen molar-refractivity contribution in [2.24, 2.45) is 0 Å². The summed E-state index contributed by atoms with van der Waals surface area (Å²) in [5, 5.41) is 13.0.